The van der Waals surface area contributed by atoms with Gasteiger partial charge in [0.1, 0.15) is 0 Å². The molecule has 0 aromatic carbocycles. The molecule has 0 aliphatic heterocycles. The SMILES string of the molecule is CCCn1cncc1CNC(CO)(CO)CO. The van der Waals surface area contributed by atoms with Crippen molar-refractivity contribution in [1.82, 2.24) is 14.9 Å². The van der Waals surface area contributed by atoms with E-state index in [1.165, 1.54) is 0 Å². The summed E-state index contributed by atoms with van der Waals surface area (Å²) in [5, 5.41) is 30.5. The molecule has 0 radical (unpaired) electrons. The predicted octanol–water partition coefficient (Wildman–Crippen LogP) is -0.902. The summed E-state index contributed by atoms with van der Waals surface area (Å²) in [4.78, 5) is 4.05. The van der Waals surface area contributed by atoms with Crippen LogP contribution in [-0.4, -0.2) is 50.2 Å². The lowest BCUT2D eigenvalue weighted by Crippen LogP contribution is -2.54. The Balaban J connectivity index is 2.62. The zero-order valence-corrected chi connectivity index (χ0v) is 10.1. The minimum Gasteiger partial charge on any atom is -0.394 e. The van der Waals surface area contributed by atoms with Crippen molar-refractivity contribution in [3.05, 3.63) is 18.2 Å². The smallest absolute Gasteiger partial charge is 0.0948 e. The lowest BCUT2D eigenvalue weighted by Gasteiger charge is -2.28. The molecule has 0 unspecified atom stereocenters. The monoisotopic (exact) mass is 243 g/mol. The van der Waals surface area contributed by atoms with Crippen molar-refractivity contribution in [2.45, 2.75) is 32.0 Å². The summed E-state index contributed by atoms with van der Waals surface area (Å²) in [6, 6.07) is 0. The molecule has 0 bridgehead atoms. The van der Waals surface area contributed by atoms with Crippen LogP contribution >= 0.6 is 0 Å². The quantitative estimate of drug-likeness (QED) is 0.475. The van der Waals surface area contributed by atoms with E-state index in [4.69, 9.17) is 0 Å². The zero-order chi connectivity index (χ0) is 12.7. The predicted molar refractivity (Wildman–Crippen MR) is 63.3 cm³/mol. The van der Waals surface area contributed by atoms with Gasteiger partial charge in [0.05, 0.1) is 37.4 Å². The Morgan fingerprint density at radius 3 is 2.47 bits per heavy atom. The van der Waals surface area contributed by atoms with Crippen LogP contribution in [0, 0.1) is 0 Å². The van der Waals surface area contributed by atoms with E-state index < -0.39 is 5.54 Å². The summed E-state index contributed by atoms with van der Waals surface area (Å²) in [6.07, 6.45) is 4.49. The van der Waals surface area contributed by atoms with E-state index in [0.29, 0.717) is 6.54 Å². The van der Waals surface area contributed by atoms with Gasteiger partial charge in [-0.1, -0.05) is 6.92 Å². The number of hydrogen-bond acceptors (Lipinski definition) is 5. The highest BCUT2D eigenvalue weighted by Crippen LogP contribution is 2.06. The number of hydrogen-bond donors (Lipinski definition) is 4. The van der Waals surface area contributed by atoms with Crippen LogP contribution in [0.15, 0.2) is 12.5 Å². The normalized spacial score (nSPS) is 12.0. The Kier molecular flexibility index (Phi) is 5.57. The first-order valence-electron chi connectivity index (χ1n) is 5.78. The summed E-state index contributed by atoms with van der Waals surface area (Å²) < 4.78 is 2.00. The highest BCUT2D eigenvalue weighted by atomic mass is 16.3. The second-order valence-corrected chi connectivity index (χ2v) is 4.19. The molecule has 4 N–H and O–H groups in total. The Morgan fingerprint density at radius 1 is 1.29 bits per heavy atom. The van der Waals surface area contributed by atoms with Crippen LogP contribution in [0.1, 0.15) is 19.0 Å². The van der Waals surface area contributed by atoms with Gasteiger partial charge in [-0.15, -0.1) is 0 Å². The van der Waals surface area contributed by atoms with Crippen molar-refractivity contribution in [2.24, 2.45) is 0 Å². The highest BCUT2D eigenvalue weighted by Gasteiger charge is 2.27. The molecule has 0 atom stereocenters. The van der Waals surface area contributed by atoms with E-state index in [2.05, 4.69) is 17.2 Å². The Bertz CT molecular complexity index is 315. The molecule has 1 aromatic rings. The number of aliphatic hydroxyl groups excluding tert-OH is 3. The van der Waals surface area contributed by atoms with Gasteiger partial charge >= 0.3 is 0 Å². The Morgan fingerprint density at radius 2 is 1.94 bits per heavy atom. The average molecular weight is 243 g/mol. The fraction of sp³-hybridized carbons (Fsp3) is 0.727. The molecule has 0 saturated heterocycles. The third-order valence-electron chi connectivity index (χ3n) is 2.82. The summed E-state index contributed by atoms with van der Waals surface area (Å²) >= 11 is 0. The number of aromatic nitrogens is 2. The van der Waals surface area contributed by atoms with Crippen LogP contribution < -0.4 is 5.32 Å². The summed E-state index contributed by atoms with van der Waals surface area (Å²) in [5.41, 5.74) is -0.0759. The molecule has 0 aliphatic rings. The summed E-state index contributed by atoms with van der Waals surface area (Å²) in [6.45, 7) is 2.45. The van der Waals surface area contributed by atoms with E-state index in [-0.39, 0.29) is 19.8 Å². The number of aliphatic hydroxyl groups is 3. The molecule has 1 heterocycles. The third-order valence-corrected chi connectivity index (χ3v) is 2.82. The van der Waals surface area contributed by atoms with E-state index in [0.717, 1.165) is 18.7 Å². The summed E-state index contributed by atoms with van der Waals surface area (Å²) in [5.74, 6) is 0. The van der Waals surface area contributed by atoms with Crippen LogP contribution in [0.25, 0.3) is 0 Å². The Hall–Kier alpha value is -0.950. The molecule has 6 heteroatoms. The van der Waals surface area contributed by atoms with Gasteiger partial charge in [-0.3, -0.25) is 5.32 Å². The molecule has 1 rings (SSSR count). The van der Waals surface area contributed by atoms with Gasteiger partial charge in [0.2, 0.25) is 0 Å². The van der Waals surface area contributed by atoms with Crippen LogP contribution in [0.4, 0.5) is 0 Å². The zero-order valence-electron chi connectivity index (χ0n) is 10.1. The van der Waals surface area contributed by atoms with Gasteiger partial charge < -0.3 is 19.9 Å². The fourth-order valence-corrected chi connectivity index (χ4v) is 1.53. The van der Waals surface area contributed by atoms with Gasteiger partial charge in [0.15, 0.2) is 0 Å². The second-order valence-electron chi connectivity index (χ2n) is 4.19. The van der Waals surface area contributed by atoms with Gasteiger partial charge in [0.25, 0.3) is 0 Å². The van der Waals surface area contributed by atoms with Crippen molar-refractivity contribution in [1.29, 1.82) is 0 Å². The van der Waals surface area contributed by atoms with E-state index in [9.17, 15) is 15.3 Å². The molecular formula is C11H21N3O3. The molecule has 98 valence electrons. The lowest BCUT2D eigenvalue weighted by atomic mass is 10.0. The largest absolute Gasteiger partial charge is 0.394 e. The van der Waals surface area contributed by atoms with Gasteiger partial charge in [-0.05, 0) is 6.42 Å². The maximum atomic E-state index is 9.17. The second kappa shape index (κ2) is 6.70. The van der Waals surface area contributed by atoms with Gasteiger partial charge in [0, 0.05) is 19.3 Å². The number of rotatable bonds is 8. The minimum atomic E-state index is -1.04. The van der Waals surface area contributed by atoms with Crippen LogP contribution in [0.2, 0.25) is 0 Å². The topological polar surface area (TPSA) is 90.5 Å². The minimum absolute atomic E-state index is 0.318. The Labute approximate surface area is 101 Å². The van der Waals surface area contributed by atoms with E-state index in [1.807, 2.05) is 4.57 Å². The van der Waals surface area contributed by atoms with Crippen LogP contribution in [0.3, 0.4) is 0 Å². The first-order valence-corrected chi connectivity index (χ1v) is 5.78. The number of imidazole rings is 1. The lowest BCUT2D eigenvalue weighted by molar-refractivity contribution is 0.0409. The average Bonchev–Trinajstić information content (AvgIpc) is 2.80. The molecule has 0 fully saturated rings. The molecule has 6 nitrogen and oxygen atoms in total. The number of nitrogens with zero attached hydrogens (tertiary/aromatic N) is 2. The van der Waals surface area contributed by atoms with Gasteiger partial charge in [-0.2, -0.15) is 0 Å². The molecule has 0 amide bonds. The van der Waals surface area contributed by atoms with E-state index >= 15 is 0 Å². The maximum absolute atomic E-state index is 9.17. The standard InChI is InChI=1S/C11H21N3O3/c1-2-3-14-9-12-4-10(14)5-13-11(6-15,7-16)8-17/h4,9,13,15-17H,2-3,5-8H2,1H3. The molecule has 1 aromatic heterocycles. The first kappa shape index (κ1) is 14.1. The molecule has 0 saturated carbocycles. The van der Waals surface area contributed by atoms with Crippen molar-refractivity contribution in [3.8, 4) is 0 Å². The summed E-state index contributed by atoms with van der Waals surface area (Å²) in [7, 11) is 0. The number of nitrogens with one attached hydrogen (secondary N) is 1. The van der Waals surface area contributed by atoms with Crippen molar-refractivity contribution in [2.75, 3.05) is 19.8 Å². The molecular weight excluding hydrogens is 222 g/mol. The first-order chi connectivity index (χ1) is 8.21. The van der Waals surface area contributed by atoms with E-state index in [1.54, 1.807) is 12.5 Å². The van der Waals surface area contributed by atoms with Crippen molar-refractivity contribution < 1.29 is 15.3 Å². The van der Waals surface area contributed by atoms with Crippen LogP contribution in [-0.2, 0) is 13.1 Å². The van der Waals surface area contributed by atoms with Crippen molar-refractivity contribution >= 4 is 0 Å². The molecule has 17 heavy (non-hydrogen) atoms. The number of aryl methyl sites for hydroxylation is 1. The highest BCUT2D eigenvalue weighted by molar-refractivity contribution is 5.00. The third kappa shape index (κ3) is 3.50. The van der Waals surface area contributed by atoms with Gasteiger partial charge in [-0.25, -0.2) is 4.98 Å². The van der Waals surface area contributed by atoms with Crippen LogP contribution in [0.5, 0.6) is 0 Å². The van der Waals surface area contributed by atoms with Crippen molar-refractivity contribution in [3.63, 3.8) is 0 Å². The molecule has 0 aliphatic carbocycles. The maximum Gasteiger partial charge on any atom is 0.0948 e. The fourth-order valence-electron chi connectivity index (χ4n) is 1.53. The molecule has 0 spiro atoms.